The van der Waals surface area contributed by atoms with Gasteiger partial charge in [0.25, 0.3) is 0 Å². The standard InChI is InChI=1S/C15H21BBrNO5.C10H13BBrNO3.ClH/c1-5-21-10-7-6-9(17)12-11(23-16(20)13(10)12)8-18-14(19)22-15(2,3)4;1-2-15-7-4-3-6(12)9-8(5-13)16-11(14)10(7)9;/h6-7,11,20H,5,8H2,1-4H3,(H,18,19);3-4,8,14H,2,5,13H2,1H3;1H/t11-;8-;/m11./s1. The van der Waals surface area contributed by atoms with Gasteiger partial charge in [0.15, 0.2) is 0 Å². The SMILES string of the molecule is CCOc1ccc(Br)c2c1B(O)O[C@@H]2CN.CCOc1ccc(Br)c2c1B(O)O[C@@H]2CNC(=O)OC(C)(C)C.Cl. The zero-order valence-corrected chi connectivity index (χ0v) is 27.0. The van der Waals surface area contributed by atoms with E-state index in [9.17, 15) is 14.8 Å². The molecule has 1 amide bonds. The van der Waals surface area contributed by atoms with Gasteiger partial charge in [-0.25, -0.2) is 4.79 Å². The summed E-state index contributed by atoms with van der Waals surface area (Å²) in [6, 6.07) is 7.32. The highest BCUT2D eigenvalue weighted by Gasteiger charge is 2.40. The van der Waals surface area contributed by atoms with Crippen molar-refractivity contribution < 1.29 is 38.4 Å². The number of halogens is 3. The minimum Gasteiger partial charge on any atom is -0.494 e. The Labute approximate surface area is 258 Å². The Hall–Kier alpha value is -1.51. The van der Waals surface area contributed by atoms with E-state index in [0.717, 1.165) is 20.1 Å². The van der Waals surface area contributed by atoms with Gasteiger partial charge in [-0.05, 0) is 70.0 Å². The minimum atomic E-state index is -1.09. The summed E-state index contributed by atoms with van der Waals surface area (Å²) in [5, 5.41) is 22.7. The first-order valence-electron chi connectivity index (χ1n) is 12.7. The maximum atomic E-state index is 11.8. The fraction of sp³-hybridized carbons (Fsp3) is 0.480. The van der Waals surface area contributed by atoms with Crippen molar-refractivity contribution in [2.24, 2.45) is 5.73 Å². The Bertz CT molecular complexity index is 1170. The number of fused-ring (bicyclic) bond motifs is 2. The normalized spacial score (nSPS) is 17.2. The molecule has 0 radical (unpaired) electrons. The average molecular weight is 708 g/mol. The first-order chi connectivity index (χ1) is 18.4. The minimum absolute atomic E-state index is 0. The van der Waals surface area contributed by atoms with Gasteiger partial charge in [0, 0.05) is 33.0 Å². The van der Waals surface area contributed by atoms with Crippen LogP contribution in [0.25, 0.3) is 0 Å². The molecule has 0 saturated heterocycles. The Balaban J connectivity index is 0.000000290. The first kappa shape index (κ1) is 34.7. The number of amides is 1. The molecule has 5 N–H and O–H groups in total. The monoisotopic (exact) mass is 706 g/mol. The molecule has 0 bridgehead atoms. The topological polar surface area (TPSA) is 142 Å². The molecule has 0 saturated carbocycles. The van der Waals surface area contributed by atoms with E-state index in [2.05, 4.69) is 37.2 Å². The van der Waals surface area contributed by atoms with Crippen molar-refractivity contribution in [1.29, 1.82) is 0 Å². The average Bonchev–Trinajstić information content (AvgIpc) is 3.39. The van der Waals surface area contributed by atoms with Gasteiger partial charge in [-0.2, -0.15) is 0 Å². The van der Waals surface area contributed by atoms with Gasteiger partial charge in [-0.1, -0.05) is 31.9 Å². The van der Waals surface area contributed by atoms with E-state index in [1.165, 1.54) is 0 Å². The molecule has 2 aliphatic heterocycles. The smallest absolute Gasteiger partial charge is 0.494 e. The second kappa shape index (κ2) is 15.1. The molecule has 2 heterocycles. The summed E-state index contributed by atoms with van der Waals surface area (Å²) < 4.78 is 28.8. The molecule has 220 valence electrons. The summed E-state index contributed by atoms with van der Waals surface area (Å²) in [6.07, 6.45) is -1.29. The van der Waals surface area contributed by atoms with Crippen LogP contribution in [0.4, 0.5) is 4.79 Å². The first-order valence-corrected chi connectivity index (χ1v) is 14.2. The lowest BCUT2D eigenvalue weighted by atomic mass is 9.78. The molecule has 2 atom stereocenters. The molecule has 10 nitrogen and oxygen atoms in total. The van der Waals surface area contributed by atoms with Crippen LogP contribution in [0.15, 0.2) is 33.2 Å². The molecular weight excluding hydrogens is 673 g/mol. The Morgan fingerprint density at radius 1 is 0.950 bits per heavy atom. The molecule has 15 heteroatoms. The van der Waals surface area contributed by atoms with Crippen LogP contribution in [-0.2, 0) is 14.0 Å². The van der Waals surface area contributed by atoms with Crippen LogP contribution in [0.2, 0.25) is 0 Å². The molecule has 2 aromatic rings. The second-order valence-corrected chi connectivity index (χ2v) is 11.4. The van der Waals surface area contributed by atoms with Crippen molar-refractivity contribution in [2.45, 2.75) is 52.4 Å². The highest BCUT2D eigenvalue weighted by Crippen LogP contribution is 2.34. The van der Waals surface area contributed by atoms with Crippen molar-refractivity contribution in [3.63, 3.8) is 0 Å². The van der Waals surface area contributed by atoms with Crippen molar-refractivity contribution in [3.05, 3.63) is 44.3 Å². The number of carbonyl (C=O) groups is 1. The third-order valence-corrected chi connectivity index (χ3v) is 7.14. The fourth-order valence-corrected chi connectivity index (χ4v) is 5.51. The van der Waals surface area contributed by atoms with Gasteiger partial charge in [0.1, 0.15) is 17.1 Å². The van der Waals surface area contributed by atoms with Gasteiger partial charge >= 0.3 is 20.3 Å². The van der Waals surface area contributed by atoms with Crippen LogP contribution in [0.3, 0.4) is 0 Å². The molecule has 0 fully saturated rings. The summed E-state index contributed by atoms with van der Waals surface area (Å²) in [7, 11) is -2.04. The zero-order chi connectivity index (χ0) is 28.9. The van der Waals surface area contributed by atoms with Crippen molar-refractivity contribution >= 4 is 75.5 Å². The molecule has 2 aromatic carbocycles. The van der Waals surface area contributed by atoms with Gasteiger partial charge in [-0.15, -0.1) is 12.4 Å². The molecule has 0 aromatic heterocycles. The third kappa shape index (κ3) is 8.28. The Morgan fingerprint density at radius 3 is 1.82 bits per heavy atom. The number of carbonyl (C=O) groups excluding carboxylic acids is 1. The van der Waals surface area contributed by atoms with Crippen LogP contribution in [0, 0.1) is 0 Å². The molecule has 2 aliphatic rings. The van der Waals surface area contributed by atoms with Gasteiger partial charge in [0.2, 0.25) is 0 Å². The van der Waals surface area contributed by atoms with E-state index < -0.39 is 32.0 Å². The van der Waals surface area contributed by atoms with Gasteiger partial charge < -0.3 is 44.6 Å². The van der Waals surface area contributed by atoms with Crippen molar-refractivity contribution in [1.82, 2.24) is 5.32 Å². The van der Waals surface area contributed by atoms with Crippen molar-refractivity contribution in [2.75, 3.05) is 26.3 Å². The molecule has 0 aliphatic carbocycles. The number of hydrogen-bond donors (Lipinski definition) is 4. The lowest BCUT2D eigenvalue weighted by molar-refractivity contribution is 0.0498. The number of nitrogens with two attached hydrogens (primary N) is 1. The summed E-state index contributed by atoms with van der Waals surface area (Å²) in [5.41, 5.74) is 7.99. The number of benzene rings is 2. The summed E-state index contributed by atoms with van der Waals surface area (Å²) in [6.45, 7) is 10.7. The quantitative estimate of drug-likeness (QED) is 0.320. The van der Waals surface area contributed by atoms with Gasteiger partial charge in [-0.3, -0.25) is 0 Å². The fourth-order valence-electron chi connectivity index (χ4n) is 4.30. The van der Waals surface area contributed by atoms with Crippen LogP contribution >= 0.6 is 44.3 Å². The number of rotatable bonds is 7. The lowest BCUT2D eigenvalue weighted by Gasteiger charge is -2.21. The Kier molecular flexibility index (Phi) is 13.1. The highest BCUT2D eigenvalue weighted by molar-refractivity contribution is 9.10. The van der Waals surface area contributed by atoms with Crippen molar-refractivity contribution in [3.8, 4) is 11.5 Å². The molecular formula is C25H35B2Br2ClN2O8. The van der Waals surface area contributed by atoms with Crippen LogP contribution in [0.1, 0.15) is 58.0 Å². The largest absolute Gasteiger partial charge is 0.495 e. The van der Waals surface area contributed by atoms with Crippen LogP contribution in [0.5, 0.6) is 11.5 Å². The highest BCUT2D eigenvalue weighted by atomic mass is 79.9. The second-order valence-electron chi connectivity index (χ2n) is 9.68. The molecule has 0 unspecified atom stereocenters. The number of hydrogen-bond acceptors (Lipinski definition) is 9. The van der Waals surface area contributed by atoms with E-state index in [4.69, 9.17) is 29.3 Å². The van der Waals surface area contributed by atoms with Crippen LogP contribution in [-0.4, -0.2) is 62.3 Å². The van der Waals surface area contributed by atoms with E-state index >= 15 is 0 Å². The van der Waals surface area contributed by atoms with E-state index in [0.29, 0.717) is 42.2 Å². The van der Waals surface area contributed by atoms with E-state index in [1.54, 1.807) is 26.8 Å². The number of alkyl carbamates (subject to hydrolysis) is 1. The maximum absolute atomic E-state index is 11.8. The maximum Gasteiger partial charge on any atom is 0.495 e. The molecule has 4 rings (SSSR count). The molecule has 40 heavy (non-hydrogen) atoms. The summed E-state index contributed by atoms with van der Waals surface area (Å²) in [4.78, 5) is 11.8. The Morgan fingerprint density at radius 2 is 1.40 bits per heavy atom. The number of nitrogens with one attached hydrogen (secondary N) is 1. The predicted molar refractivity (Wildman–Crippen MR) is 164 cm³/mol. The third-order valence-electron chi connectivity index (χ3n) is 5.76. The molecule has 0 spiro atoms. The van der Waals surface area contributed by atoms with E-state index in [-0.39, 0.29) is 25.1 Å². The van der Waals surface area contributed by atoms with E-state index in [1.807, 2.05) is 32.0 Å². The summed E-state index contributed by atoms with van der Waals surface area (Å²) in [5.74, 6) is 1.24. The van der Waals surface area contributed by atoms with Crippen LogP contribution < -0.4 is 31.4 Å². The lowest BCUT2D eigenvalue weighted by Crippen LogP contribution is -2.35. The van der Waals surface area contributed by atoms with Gasteiger partial charge in [0.05, 0.1) is 25.4 Å². The zero-order valence-electron chi connectivity index (χ0n) is 23.0. The predicted octanol–water partition coefficient (Wildman–Crippen LogP) is 3.12. The number of ether oxygens (including phenoxy) is 3. The summed E-state index contributed by atoms with van der Waals surface area (Å²) >= 11 is 6.90.